The molecule has 3 heterocycles. The molecule has 0 aromatic carbocycles. The van der Waals surface area contributed by atoms with E-state index in [1.807, 2.05) is 0 Å². The Morgan fingerprint density at radius 2 is 2.26 bits per heavy atom. The predicted octanol–water partition coefficient (Wildman–Crippen LogP) is 0.524. The topological polar surface area (TPSA) is 78.0 Å². The van der Waals surface area contributed by atoms with Crippen molar-refractivity contribution in [2.24, 2.45) is 11.7 Å². The van der Waals surface area contributed by atoms with Gasteiger partial charge in [0, 0.05) is 25.2 Å². The first kappa shape index (κ1) is 13.1. The van der Waals surface area contributed by atoms with Crippen molar-refractivity contribution in [1.82, 2.24) is 9.55 Å². The quantitative estimate of drug-likeness (QED) is 0.858. The molecule has 1 aromatic heterocycles. The molecule has 2 N–H and O–H groups in total. The van der Waals surface area contributed by atoms with Crippen molar-refractivity contribution in [3.63, 3.8) is 0 Å². The highest BCUT2D eigenvalue weighted by Crippen LogP contribution is 2.23. The summed E-state index contributed by atoms with van der Waals surface area (Å²) in [7, 11) is -2.82. The van der Waals surface area contributed by atoms with E-state index in [4.69, 9.17) is 5.73 Å². The van der Waals surface area contributed by atoms with Gasteiger partial charge in [-0.1, -0.05) is 0 Å². The molecule has 2 aliphatic heterocycles. The number of hydrogen-bond acceptors (Lipinski definition) is 4. The lowest BCUT2D eigenvalue weighted by atomic mass is 10.00. The van der Waals surface area contributed by atoms with Crippen LogP contribution in [-0.2, 0) is 29.2 Å². The minimum Gasteiger partial charge on any atom is -0.335 e. The van der Waals surface area contributed by atoms with E-state index in [-0.39, 0.29) is 12.0 Å². The van der Waals surface area contributed by atoms with Crippen LogP contribution in [0.1, 0.15) is 30.8 Å². The molecular weight excluding hydrogens is 262 g/mol. The van der Waals surface area contributed by atoms with Gasteiger partial charge in [0.2, 0.25) is 0 Å². The molecule has 19 heavy (non-hydrogen) atoms. The molecule has 0 saturated carbocycles. The van der Waals surface area contributed by atoms with Crippen molar-refractivity contribution in [3.05, 3.63) is 17.7 Å². The molecule has 106 valence electrons. The van der Waals surface area contributed by atoms with E-state index < -0.39 is 9.84 Å². The Bertz CT molecular complexity index is 564. The molecule has 3 rings (SSSR count). The van der Waals surface area contributed by atoms with Gasteiger partial charge in [-0.25, -0.2) is 13.4 Å². The van der Waals surface area contributed by atoms with Crippen LogP contribution in [0, 0.1) is 5.92 Å². The molecule has 5 nitrogen and oxygen atoms in total. The Morgan fingerprint density at radius 1 is 1.42 bits per heavy atom. The molecule has 2 atom stereocenters. The molecular formula is C13H21N3O2S. The molecule has 6 heteroatoms. The van der Waals surface area contributed by atoms with Crippen molar-refractivity contribution < 1.29 is 8.42 Å². The fraction of sp³-hybridized carbons (Fsp3) is 0.769. The van der Waals surface area contributed by atoms with Gasteiger partial charge in [-0.3, -0.25) is 0 Å². The van der Waals surface area contributed by atoms with E-state index in [1.54, 1.807) is 0 Å². The normalized spacial score (nSPS) is 29.9. The monoisotopic (exact) mass is 283 g/mol. The van der Waals surface area contributed by atoms with E-state index in [9.17, 15) is 8.42 Å². The number of imidazole rings is 1. The van der Waals surface area contributed by atoms with E-state index in [0.717, 1.165) is 50.2 Å². The lowest BCUT2D eigenvalue weighted by Gasteiger charge is -2.20. The summed E-state index contributed by atoms with van der Waals surface area (Å²) >= 11 is 0. The zero-order chi connectivity index (χ0) is 13.5. The van der Waals surface area contributed by atoms with Crippen LogP contribution in [0.25, 0.3) is 0 Å². The molecule has 2 aliphatic rings. The van der Waals surface area contributed by atoms with Crippen LogP contribution < -0.4 is 5.73 Å². The average Bonchev–Trinajstić information content (AvgIpc) is 2.68. The van der Waals surface area contributed by atoms with Gasteiger partial charge < -0.3 is 10.3 Å². The van der Waals surface area contributed by atoms with Crippen LogP contribution in [-0.4, -0.2) is 35.5 Å². The second-order valence-corrected chi connectivity index (χ2v) is 8.15. The SMILES string of the molecule is NC1CCn2cc(CC3CCCS(=O)(=O)C3)nc2C1. The molecule has 0 spiro atoms. The van der Waals surface area contributed by atoms with Crippen molar-refractivity contribution in [2.75, 3.05) is 11.5 Å². The molecule has 0 radical (unpaired) electrons. The smallest absolute Gasteiger partial charge is 0.150 e. The second-order valence-electron chi connectivity index (χ2n) is 5.92. The number of aromatic nitrogens is 2. The number of sulfone groups is 1. The highest BCUT2D eigenvalue weighted by Gasteiger charge is 2.26. The van der Waals surface area contributed by atoms with Crippen LogP contribution in [0.4, 0.5) is 0 Å². The largest absolute Gasteiger partial charge is 0.335 e. The zero-order valence-electron chi connectivity index (χ0n) is 11.1. The molecule has 0 aliphatic carbocycles. The maximum absolute atomic E-state index is 11.6. The first-order chi connectivity index (χ1) is 9.02. The Labute approximate surface area is 114 Å². The summed E-state index contributed by atoms with van der Waals surface area (Å²) in [5.74, 6) is 1.99. The molecule has 1 aromatic rings. The summed E-state index contributed by atoms with van der Waals surface area (Å²) in [5, 5.41) is 0. The summed E-state index contributed by atoms with van der Waals surface area (Å²) in [6.07, 6.45) is 6.51. The lowest BCUT2D eigenvalue weighted by Crippen LogP contribution is -2.30. The van der Waals surface area contributed by atoms with Gasteiger partial charge in [0.25, 0.3) is 0 Å². The first-order valence-corrected chi connectivity index (χ1v) is 8.85. The molecule has 1 saturated heterocycles. The maximum atomic E-state index is 11.6. The number of hydrogen-bond donors (Lipinski definition) is 1. The van der Waals surface area contributed by atoms with E-state index in [0.29, 0.717) is 11.5 Å². The zero-order valence-corrected chi connectivity index (χ0v) is 11.9. The fourth-order valence-electron chi connectivity index (χ4n) is 3.18. The fourth-order valence-corrected chi connectivity index (χ4v) is 4.96. The van der Waals surface area contributed by atoms with Crippen molar-refractivity contribution in [3.8, 4) is 0 Å². The Morgan fingerprint density at radius 3 is 3.05 bits per heavy atom. The van der Waals surface area contributed by atoms with Gasteiger partial charge in [0.1, 0.15) is 5.82 Å². The average molecular weight is 283 g/mol. The number of aryl methyl sites for hydroxylation is 1. The number of fused-ring (bicyclic) bond motifs is 1. The van der Waals surface area contributed by atoms with Crippen LogP contribution >= 0.6 is 0 Å². The highest BCUT2D eigenvalue weighted by molar-refractivity contribution is 7.91. The van der Waals surface area contributed by atoms with Crippen LogP contribution in [0.3, 0.4) is 0 Å². The Kier molecular flexibility index (Phi) is 3.39. The van der Waals surface area contributed by atoms with Gasteiger partial charge in [0.05, 0.1) is 17.2 Å². The Balaban J connectivity index is 1.70. The third kappa shape index (κ3) is 3.00. The second kappa shape index (κ2) is 4.90. The lowest BCUT2D eigenvalue weighted by molar-refractivity contribution is 0.463. The van der Waals surface area contributed by atoms with Crippen molar-refractivity contribution in [2.45, 2.75) is 44.7 Å². The van der Waals surface area contributed by atoms with Crippen LogP contribution in [0.15, 0.2) is 6.20 Å². The van der Waals surface area contributed by atoms with E-state index in [1.165, 1.54) is 0 Å². The van der Waals surface area contributed by atoms with E-state index >= 15 is 0 Å². The molecule has 2 unspecified atom stereocenters. The van der Waals surface area contributed by atoms with Gasteiger partial charge in [-0.05, 0) is 31.6 Å². The van der Waals surface area contributed by atoms with Gasteiger partial charge in [-0.2, -0.15) is 0 Å². The van der Waals surface area contributed by atoms with Crippen LogP contribution in [0.5, 0.6) is 0 Å². The van der Waals surface area contributed by atoms with Crippen molar-refractivity contribution in [1.29, 1.82) is 0 Å². The summed E-state index contributed by atoms with van der Waals surface area (Å²) in [6.45, 7) is 0.937. The molecule has 1 fully saturated rings. The summed E-state index contributed by atoms with van der Waals surface area (Å²) < 4.78 is 25.5. The highest BCUT2D eigenvalue weighted by atomic mass is 32.2. The summed E-state index contributed by atoms with van der Waals surface area (Å²) in [6, 6.07) is 0.220. The third-order valence-electron chi connectivity index (χ3n) is 4.15. The number of rotatable bonds is 2. The molecule has 0 amide bonds. The third-order valence-corrected chi connectivity index (χ3v) is 6.04. The maximum Gasteiger partial charge on any atom is 0.150 e. The summed E-state index contributed by atoms with van der Waals surface area (Å²) in [4.78, 5) is 4.63. The van der Waals surface area contributed by atoms with Gasteiger partial charge in [-0.15, -0.1) is 0 Å². The predicted molar refractivity (Wildman–Crippen MR) is 73.6 cm³/mol. The minimum absolute atomic E-state index is 0.220. The number of nitrogens with two attached hydrogens (primary N) is 1. The van der Waals surface area contributed by atoms with Crippen molar-refractivity contribution >= 4 is 9.84 Å². The first-order valence-electron chi connectivity index (χ1n) is 7.03. The number of nitrogens with zero attached hydrogens (tertiary/aromatic N) is 2. The van der Waals surface area contributed by atoms with E-state index in [2.05, 4.69) is 15.7 Å². The molecule has 0 bridgehead atoms. The Hall–Kier alpha value is -0.880. The summed E-state index contributed by atoms with van der Waals surface area (Å²) in [5.41, 5.74) is 6.98. The van der Waals surface area contributed by atoms with Gasteiger partial charge in [0.15, 0.2) is 9.84 Å². The van der Waals surface area contributed by atoms with Gasteiger partial charge >= 0.3 is 0 Å². The standard InChI is InChI=1S/C13H21N3O2S/c14-11-3-4-16-8-12(15-13(16)7-11)6-10-2-1-5-19(17,18)9-10/h8,10-11H,1-7,9,14H2. The van der Waals surface area contributed by atoms with Crippen LogP contribution in [0.2, 0.25) is 0 Å². The minimum atomic E-state index is -2.82.